The molecule has 0 unspecified atom stereocenters. The summed E-state index contributed by atoms with van der Waals surface area (Å²) in [4.78, 5) is 15.4. The van der Waals surface area contributed by atoms with Gasteiger partial charge in [0.1, 0.15) is 12.0 Å². The molecule has 0 amide bonds. The Morgan fingerprint density at radius 2 is 2.35 bits per heavy atom. The van der Waals surface area contributed by atoms with Crippen molar-refractivity contribution in [3.8, 4) is 11.5 Å². The molecule has 0 aliphatic carbocycles. The zero-order valence-corrected chi connectivity index (χ0v) is 9.21. The van der Waals surface area contributed by atoms with Crippen molar-refractivity contribution in [1.82, 2.24) is 4.98 Å². The van der Waals surface area contributed by atoms with Crippen LogP contribution in [0.25, 0.3) is 11.5 Å². The van der Waals surface area contributed by atoms with Gasteiger partial charge in [0.25, 0.3) is 0 Å². The third-order valence-electron chi connectivity index (χ3n) is 2.24. The van der Waals surface area contributed by atoms with E-state index in [0.29, 0.717) is 22.7 Å². The van der Waals surface area contributed by atoms with Gasteiger partial charge in [-0.25, -0.2) is 9.78 Å². The minimum atomic E-state index is -0.416. The maximum Gasteiger partial charge on any atom is 0.337 e. The summed E-state index contributed by atoms with van der Waals surface area (Å²) < 4.78 is 9.81. The van der Waals surface area contributed by atoms with Gasteiger partial charge in [0.05, 0.1) is 19.3 Å². The third-order valence-corrected chi connectivity index (χ3v) is 2.24. The van der Waals surface area contributed by atoms with Crippen LogP contribution in [0.4, 0.5) is 0 Å². The SMILES string of the molecule is COC(=O)c1cccc(-c2nc(CO)co2)c1. The summed E-state index contributed by atoms with van der Waals surface area (Å²) in [7, 11) is 1.32. The number of rotatable bonds is 3. The second-order valence-corrected chi connectivity index (χ2v) is 3.37. The van der Waals surface area contributed by atoms with Gasteiger partial charge in [-0.05, 0) is 18.2 Å². The number of carbonyl (C=O) groups is 1. The minimum Gasteiger partial charge on any atom is -0.465 e. The monoisotopic (exact) mass is 233 g/mol. The topological polar surface area (TPSA) is 72.6 Å². The molecule has 0 atom stereocenters. The maximum absolute atomic E-state index is 11.3. The van der Waals surface area contributed by atoms with Crippen molar-refractivity contribution in [3.63, 3.8) is 0 Å². The van der Waals surface area contributed by atoms with Crippen molar-refractivity contribution in [2.24, 2.45) is 0 Å². The largest absolute Gasteiger partial charge is 0.465 e. The van der Waals surface area contributed by atoms with Crippen LogP contribution in [-0.2, 0) is 11.3 Å². The molecule has 1 N–H and O–H groups in total. The quantitative estimate of drug-likeness (QED) is 0.815. The first-order valence-electron chi connectivity index (χ1n) is 4.98. The van der Waals surface area contributed by atoms with Crippen molar-refractivity contribution >= 4 is 5.97 Å². The Bertz CT molecular complexity index is 533. The van der Waals surface area contributed by atoms with Crippen LogP contribution in [0.2, 0.25) is 0 Å². The smallest absolute Gasteiger partial charge is 0.337 e. The molecule has 5 nitrogen and oxygen atoms in total. The van der Waals surface area contributed by atoms with Gasteiger partial charge in [0.15, 0.2) is 0 Å². The van der Waals surface area contributed by atoms with Crippen LogP contribution in [0.15, 0.2) is 34.9 Å². The lowest BCUT2D eigenvalue weighted by Gasteiger charge is -2.00. The van der Waals surface area contributed by atoms with E-state index in [2.05, 4.69) is 9.72 Å². The van der Waals surface area contributed by atoms with Gasteiger partial charge in [-0.1, -0.05) is 6.07 Å². The number of benzene rings is 1. The number of oxazole rings is 1. The first kappa shape index (κ1) is 11.3. The Kier molecular flexibility index (Phi) is 3.20. The molecule has 88 valence electrons. The molecular weight excluding hydrogens is 222 g/mol. The predicted molar refractivity (Wildman–Crippen MR) is 59.2 cm³/mol. The summed E-state index contributed by atoms with van der Waals surface area (Å²) in [5.74, 6) is -0.0550. The number of aliphatic hydroxyl groups excluding tert-OH is 1. The number of hydrogen-bond acceptors (Lipinski definition) is 5. The molecule has 0 bridgehead atoms. The average molecular weight is 233 g/mol. The zero-order chi connectivity index (χ0) is 12.3. The number of nitrogens with zero attached hydrogens (tertiary/aromatic N) is 1. The molecule has 1 aromatic heterocycles. The summed E-state index contributed by atoms with van der Waals surface area (Å²) in [6, 6.07) is 6.74. The third kappa shape index (κ3) is 2.34. The van der Waals surface area contributed by atoms with Crippen LogP contribution >= 0.6 is 0 Å². The molecule has 2 rings (SSSR count). The molecule has 0 aliphatic heterocycles. The van der Waals surface area contributed by atoms with E-state index in [1.54, 1.807) is 24.3 Å². The maximum atomic E-state index is 11.3. The molecule has 0 spiro atoms. The number of methoxy groups -OCH3 is 1. The Balaban J connectivity index is 2.35. The number of carbonyl (C=O) groups excluding carboxylic acids is 1. The number of hydrogen-bond donors (Lipinski definition) is 1. The highest BCUT2D eigenvalue weighted by molar-refractivity contribution is 5.90. The van der Waals surface area contributed by atoms with Gasteiger partial charge in [-0.15, -0.1) is 0 Å². The zero-order valence-electron chi connectivity index (χ0n) is 9.21. The van der Waals surface area contributed by atoms with Gasteiger partial charge in [-0.2, -0.15) is 0 Å². The summed E-state index contributed by atoms with van der Waals surface area (Å²) in [6.07, 6.45) is 1.38. The summed E-state index contributed by atoms with van der Waals surface area (Å²) >= 11 is 0. The number of esters is 1. The fraction of sp³-hybridized carbons (Fsp3) is 0.167. The molecule has 5 heteroatoms. The fourth-order valence-electron chi connectivity index (χ4n) is 1.41. The summed E-state index contributed by atoms with van der Waals surface area (Å²) in [5.41, 5.74) is 1.53. The summed E-state index contributed by atoms with van der Waals surface area (Å²) in [5, 5.41) is 8.88. The minimum absolute atomic E-state index is 0.180. The molecule has 0 saturated carbocycles. The van der Waals surface area contributed by atoms with E-state index in [4.69, 9.17) is 9.52 Å². The van der Waals surface area contributed by atoms with E-state index in [0.717, 1.165) is 0 Å². The van der Waals surface area contributed by atoms with Crippen LogP contribution < -0.4 is 0 Å². The molecule has 0 aliphatic rings. The Labute approximate surface area is 97.7 Å². The predicted octanol–water partition coefficient (Wildman–Crippen LogP) is 1.62. The standard InChI is InChI=1S/C12H11NO4/c1-16-12(15)9-4-2-3-8(5-9)11-13-10(6-14)7-17-11/h2-5,7,14H,6H2,1H3. The first-order chi connectivity index (χ1) is 8.24. The number of aliphatic hydroxyl groups is 1. The Hall–Kier alpha value is -2.14. The average Bonchev–Trinajstić information content (AvgIpc) is 2.86. The summed E-state index contributed by atoms with van der Waals surface area (Å²) in [6.45, 7) is -0.180. The number of ether oxygens (including phenoxy) is 1. The van der Waals surface area contributed by atoms with Crippen molar-refractivity contribution in [2.45, 2.75) is 6.61 Å². The molecule has 0 fully saturated rings. The van der Waals surface area contributed by atoms with E-state index in [1.807, 2.05) is 0 Å². The highest BCUT2D eigenvalue weighted by Crippen LogP contribution is 2.20. The lowest BCUT2D eigenvalue weighted by molar-refractivity contribution is 0.0601. The first-order valence-corrected chi connectivity index (χ1v) is 4.98. The van der Waals surface area contributed by atoms with Crippen molar-refractivity contribution in [1.29, 1.82) is 0 Å². The molecule has 1 aromatic carbocycles. The van der Waals surface area contributed by atoms with E-state index in [-0.39, 0.29) is 6.61 Å². The van der Waals surface area contributed by atoms with Crippen molar-refractivity contribution in [3.05, 3.63) is 41.8 Å². The van der Waals surface area contributed by atoms with Gasteiger partial charge in [-0.3, -0.25) is 0 Å². The molecule has 17 heavy (non-hydrogen) atoms. The second-order valence-electron chi connectivity index (χ2n) is 3.37. The highest BCUT2D eigenvalue weighted by Gasteiger charge is 2.10. The molecule has 0 radical (unpaired) electrons. The van der Waals surface area contributed by atoms with E-state index in [1.165, 1.54) is 13.4 Å². The Morgan fingerprint density at radius 3 is 3.00 bits per heavy atom. The van der Waals surface area contributed by atoms with Crippen molar-refractivity contribution < 1.29 is 19.1 Å². The van der Waals surface area contributed by atoms with Gasteiger partial charge in [0, 0.05) is 5.56 Å². The fourth-order valence-corrected chi connectivity index (χ4v) is 1.41. The van der Waals surface area contributed by atoms with Crippen LogP contribution in [0.3, 0.4) is 0 Å². The lowest BCUT2D eigenvalue weighted by atomic mass is 10.1. The molecule has 0 saturated heterocycles. The molecular formula is C12H11NO4. The van der Waals surface area contributed by atoms with E-state index >= 15 is 0 Å². The van der Waals surface area contributed by atoms with E-state index < -0.39 is 5.97 Å². The van der Waals surface area contributed by atoms with Crippen LogP contribution in [0.5, 0.6) is 0 Å². The molecule has 2 aromatic rings. The molecule has 1 heterocycles. The lowest BCUT2D eigenvalue weighted by Crippen LogP contribution is -2.00. The second kappa shape index (κ2) is 4.80. The number of aromatic nitrogens is 1. The Morgan fingerprint density at radius 1 is 1.53 bits per heavy atom. The van der Waals surface area contributed by atoms with E-state index in [9.17, 15) is 4.79 Å². The van der Waals surface area contributed by atoms with Crippen LogP contribution in [0.1, 0.15) is 16.1 Å². The van der Waals surface area contributed by atoms with Crippen LogP contribution in [-0.4, -0.2) is 23.2 Å². The van der Waals surface area contributed by atoms with Crippen LogP contribution in [0, 0.1) is 0 Å². The van der Waals surface area contributed by atoms with Gasteiger partial charge < -0.3 is 14.3 Å². The van der Waals surface area contributed by atoms with Gasteiger partial charge >= 0.3 is 5.97 Å². The highest BCUT2D eigenvalue weighted by atomic mass is 16.5. The van der Waals surface area contributed by atoms with Crippen molar-refractivity contribution in [2.75, 3.05) is 7.11 Å². The normalized spacial score (nSPS) is 10.2. The van der Waals surface area contributed by atoms with Gasteiger partial charge in [0.2, 0.25) is 5.89 Å².